The van der Waals surface area contributed by atoms with Crippen LogP contribution in [-0.2, 0) is 16.1 Å². The van der Waals surface area contributed by atoms with E-state index in [2.05, 4.69) is 53.4 Å². The summed E-state index contributed by atoms with van der Waals surface area (Å²) in [7, 11) is 2.16. The van der Waals surface area contributed by atoms with Crippen molar-refractivity contribution in [3.05, 3.63) is 76.5 Å². The number of rotatable bonds is 8. The number of hydrogen-bond donors (Lipinski definition) is 1. The predicted octanol–water partition coefficient (Wildman–Crippen LogP) is 4.07. The molecule has 1 aliphatic carbocycles. The zero-order chi connectivity index (χ0) is 27.2. The van der Waals surface area contributed by atoms with Crippen LogP contribution in [0.5, 0.6) is 0 Å². The van der Waals surface area contributed by atoms with Gasteiger partial charge in [0, 0.05) is 44.8 Å². The maximum atomic E-state index is 13.6. The molecule has 0 aromatic heterocycles. The van der Waals surface area contributed by atoms with Gasteiger partial charge >= 0.3 is 0 Å². The number of likely N-dealkylation sites (N-methyl/N-ethyl adjacent to an activating group) is 1. The van der Waals surface area contributed by atoms with Crippen LogP contribution in [0.3, 0.4) is 0 Å². The van der Waals surface area contributed by atoms with Gasteiger partial charge in [-0.05, 0) is 75.5 Å². The molecule has 208 valence electrons. The van der Waals surface area contributed by atoms with Gasteiger partial charge < -0.3 is 24.8 Å². The molecule has 2 aromatic rings. The van der Waals surface area contributed by atoms with Crippen LogP contribution in [0.4, 0.5) is 0 Å². The summed E-state index contributed by atoms with van der Waals surface area (Å²) < 4.78 is 6.28. The van der Waals surface area contributed by atoms with Gasteiger partial charge in [0.05, 0.1) is 6.04 Å². The topological polar surface area (TPSA) is 65.1 Å². The van der Waals surface area contributed by atoms with Gasteiger partial charge in [-0.2, -0.15) is 0 Å². The molecule has 1 saturated carbocycles. The zero-order valence-corrected chi connectivity index (χ0v) is 23.4. The van der Waals surface area contributed by atoms with Crippen molar-refractivity contribution in [2.45, 2.75) is 57.7 Å². The first-order valence-electron chi connectivity index (χ1n) is 14.5. The third-order valence-corrected chi connectivity index (χ3v) is 8.29. The highest BCUT2D eigenvalue weighted by molar-refractivity contribution is 5.97. The molecule has 2 amide bonds. The number of carbonyl (C=O) groups excluding carboxylic acids is 2. The molecule has 2 saturated heterocycles. The van der Waals surface area contributed by atoms with Gasteiger partial charge in [0.2, 0.25) is 0 Å². The number of hydrogen-bond acceptors (Lipinski definition) is 5. The minimum atomic E-state index is -0.0631. The molecule has 2 aliphatic heterocycles. The van der Waals surface area contributed by atoms with Crippen molar-refractivity contribution in [1.29, 1.82) is 0 Å². The third kappa shape index (κ3) is 7.08. The van der Waals surface area contributed by atoms with E-state index in [4.69, 9.17) is 4.74 Å². The monoisotopic (exact) mass is 530 g/mol. The first-order valence-corrected chi connectivity index (χ1v) is 14.5. The largest absolute Gasteiger partial charge is 0.482 e. The van der Waals surface area contributed by atoms with Gasteiger partial charge in [0.1, 0.15) is 6.10 Å². The molecular formula is C32H42N4O3. The van der Waals surface area contributed by atoms with Crippen molar-refractivity contribution >= 4 is 17.9 Å². The number of ether oxygens (including phenoxy) is 1. The molecular weight excluding hydrogens is 488 g/mol. The summed E-state index contributed by atoms with van der Waals surface area (Å²) in [6.07, 6.45) is 7.00. The normalized spacial score (nSPS) is 23.4. The minimum absolute atomic E-state index is 0.0315. The number of amides is 2. The molecule has 2 heterocycles. The Morgan fingerprint density at radius 1 is 1.00 bits per heavy atom. The molecule has 2 aromatic carbocycles. The van der Waals surface area contributed by atoms with E-state index in [1.165, 1.54) is 5.56 Å². The fourth-order valence-electron chi connectivity index (χ4n) is 5.81. The highest BCUT2D eigenvalue weighted by Crippen LogP contribution is 2.34. The molecule has 3 aliphatic rings. The van der Waals surface area contributed by atoms with E-state index < -0.39 is 0 Å². The van der Waals surface area contributed by atoms with Crippen LogP contribution in [0.2, 0.25) is 0 Å². The van der Waals surface area contributed by atoms with E-state index in [0.29, 0.717) is 24.4 Å². The number of nitrogens with one attached hydrogen (secondary N) is 1. The van der Waals surface area contributed by atoms with Crippen LogP contribution >= 0.6 is 0 Å². The summed E-state index contributed by atoms with van der Waals surface area (Å²) in [5, 5.41) is 3.04. The van der Waals surface area contributed by atoms with Crippen molar-refractivity contribution in [2.24, 2.45) is 0 Å². The maximum Gasteiger partial charge on any atom is 0.289 e. The third-order valence-electron chi connectivity index (χ3n) is 8.29. The Balaban J connectivity index is 1.19. The van der Waals surface area contributed by atoms with Crippen LogP contribution in [0.15, 0.2) is 54.3 Å². The summed E-state index contributed by atoms with van der Waals surface area (Å²) in [5.41, 5.74) is 3.83. The number of morpholine rings is 1. The van der Waals surface area contributed by atoms with Gasteiger partial charge in [-0.3, -0.25) is 9.59 Å². The standard InChI is InChI=1S/C32H42N4O3/c1-24-8-10-26(11-9-24)23-36-28-6-3-4-7-29(28)39-30(32(36)38)22-25-12-14-27(15-13-25)31(37)33-16-5-17-35-20-18-34(2)19-21-35/h8-15,22,28-29H,3-7,16-21,23H2,1-2H3,(H,33,37)/b30-22+. The first-order chi connectivity index (χ1) is 19.0. The van der Waals surface area contributed by atoms with E-state index in [9.17, 15) is 9.59 Å². The Kier molecular flexibility index (Phi) is 8.99. The van der Waals surface area contributed by atoms with Gasteiger partial charge in [-0.15, -0.1) is 0 Å². The minimum Gasteiger partial charge on any atom is -0.482 e. The molecule has 0 radical (unpaired) electrons. The molecule has 3 fully saturated rings. The lowest BCUT2D eigenvalue weighted by molar-refractivity contribution is -0.149. The van der Waals surface area contributed by atoms with Crippen molar-refractivity contribution in [2.75, 3.05) is 46.3 Å². The van der Waals surface area contributed by atoms with Gasteiger partial charge in [-0.1, -0.05) is 48.4 Å². The zero-order valence-electron chi connectivity index (χ0n) is 23.4. The van der Waals surface area contributed by atoms with Crippen molar-refractivity contribution in [3.8, 4) is 0 Å². The molecule has 0 bridgehead atoms. The Hall–Kier alpha value is -3.16. The summed E-state index contributed by atoms with van der Waals surface area (Å²) in [5.74, 6) is 0.277. The van der Waals surface area contributed by atoms with Crippen molar-refractivity contribution in [1.82, 2.24) is 20.0 Å². The molecule has 7 nitrogen and oxygen atoms in total. The second-order valence-corrected chi connectivity index (χ2v) is 11.3. The van der Waals surface area contributed by atoms with E-state index in [1.807, 2.05) is 35.2 Å². The highest BCUT2D eigenvalue weighted by atomic mass is 16.5. The second kappa shape index (κ2) is 12.8. The lowest BCUT2D eigenvalue weighted by Crippen LogP contribution is -2.54. The number of piperazine rings is 1. The maximum absolute atomic E-state index is 13.6. The lowest BCUT2D eigenvalue weighted by atomic mass is 9.89. The number of nitrogens with zero attached hydrogens (tertiary/aromatic N) is 3. The molecule has 2 unspecified atom stereocenters. The van der Waals surface area contributed by atoms with Gasteiger partial charge in [0.25, 0.3) is 11.8 Å². The Labute approximate surface area is 232 Å². The Morgan fingerprint density at radius 3 is 2.46 bits per heavy atom. The second-order valence-electron chi connectivity index (χ2n) is 11.3. The quantitative estimate of drug-likeness (QED) is 0.412. The predicted molar refractivity (Wildman–Crippen MR) is 154 cm³/mol. The first kappa shape index (κ1) is 27.4. The molecule has 7 heteroatoms. The Morgan fingerprint density at radius 2 is 1.72 bits per heavy atom. The van der Waals surface area contributed by atoms with Crippen LogP contribution < -0.4 is 5.32 Å². The molecule has 2 atom stereocenters. The van der Waals surface area contributed by atoms with Crippen LogP contribution in [0.1, 0.15) is 59.2 Å². The molecule has 0 spiro atoms. The van der Waals surface area contributed by atoms with Gasteiger partial charge in [0.15, 0.2) is 5.76 Å². The number of fused-ring (bicyclic) bond motifs is 1. The van der Waals surface area contributed by atoms with Gasteiger partial charge in [-0.25, -0.2) is 0 Å². The van der Waals surface area contributed by atoms with E-state index in [0.717, 1.165) is 76.0 Å². The fraction of sp³-hybridized carbons (Fsp3) is 0.500. The van der Waals surface area contributed by atoms with E-state index >= 15 is 0 Å². The number of benzene rings is 2. The lowest BCUT2D eigenvalue weighted by Gasteiger charge is -2.44. The molecule has 1 N–H and O–H groups in total. The molecule has 39 heavy (non-hydrogen) atoms. The Bertz CT molecular complexity index is 1150. The SMILES string of the molecule is Cc1ccc(CN2C(=O)/C(=C\c3ccc(C(=O)NCCCN4CCN(C)CC4)cc3)OC3CCCCC32)cc1. The van der Waals surface area contributed by atoms with Crippen molar-refractivity contribution in [3.63, 3.8) is 0 Å². The van der Waals surface area contributed by atoms with Crippen LogP contribution in [-0.4, -0.2) is 85.0 Å². The van der Waals surface area contributed by atoms with Crippen LogP contribution in [0, 0.1) is 6.92 Å². The summed E-state index contributed by atoms with van der Waals surface area (Å²) in [6, 6.07) is 15.9. The number of carbonyl (C=O) groups is 2. The fourth-order valence-corrected chi connectivity index (χ4v) is 5.81. The van der Waals surface area contributed by atoms with E-state index in [-0.39, 0.29) is 24.0 Å². The summed E-state index contributed by atoms with van der Waals surface area (Å²) >= 11 is 0. The van der Waals surface area contributed by atoms with E-state index in [1.54, 1.807) is 0 Å². The molecule has 5 rings (SSSR count). The number of aryl methyl sites for hydroxylation is 1. The average molecular weight is 531 g/mol. The van der Waals surface area contributed by atoms with Crippen molar-refractivity contribution < 1.29 is 14.3 Å². The average Bonchev–Trinajstić information content (AvgIpc) is 2.95. The summed E-state index contributed by atoms with van der Waals surface area (Å²) in [4.78, 5) is 33.0. The summed E-state index contributed by atoms with van der Waals surface area (Å²) in [6.45, 7) is 8.75. The highest BCUT2D eigenvalue weighted by Gasteiger charge is 2.41. The smallest absolute Gasteiger partial charge is 0.289 e. The van der Waals surface area contributed by atoms with Crippen LogP contribution in [0.25, 0.3) is 6.08 Å².